The SMILES string of the molecule is CS(=O)(=O)c1ccc(OCC(F)F)c(-c2cccn3nc(Cl)nc23)c1. The third-order valence-corrected chi connectivity index (χ3v) is 4.64. The Morgan fingerprint density at radius 2 is 2.04 bits per heavy atom. The van der Waals surface area contributed by atoms with Gasteiger partial charge in [-0.15, -0.1) is 5.10 Å². The zero-order chi connectivity index (χ0) is 18.2. The van der Waals surface area contributed by atoms with E-state index in [1.165, 1.54) is 22.7 Å². The number of rotatable bonds is 5. The predicted octanol–water partition coefficient (Wildman–Crippen LogP) is 3.10. The zero-order valence-electron chi connectivity index (χ0n) is 12.9. The van der Waals surface area contributed by atoms with Crippen LogP contribution in [0.5, 0.6) is 5.75 Å². The summed E-state index contributed by atoms with van der Waals surface area (Å²) in [5.41, 5.74) is 1.11. The van der Waals surface area contributed by atoms with Gasteiger partial charge < -0.3 is 4.74 Å². The second kappa shape index (κ2) is 6.57. The summed E-state index contributed by atoms with van der Waals surface area (Å²) in [7, 11) is -3.50. The van der Waals surface area contributed by atoms with Crippen LogP contribution < -0.4 is 4.74 Å². The summed E-state index contributed by atoms with van der Waals surface area (Å²) in [6, 6.07) is 7.30. The Labute approximate surface area is 146 Å². The third-order valence-electron chi connectivity index (χ3n) is 3.37. The first kappa shape index (κ1) is 17.6. The van der Waals surface area contributed by atoms with Gasteiger partial charge in [-0.3, -0.25) is 0 Å². The van der Waals surface area contributed by atoms with Crippen molar-refractivity contribution in [3.05, 3.63) is 41.8 Å². The lowest BCUT2D eigenvalue weighted by Gasteiger charge is -2.13. The predicted molar refractivity (Wildman–Crippen MR) is 88.0 cm³/mol. The third kappa shape index (κ3) is 3.72. The number of ether oxygens (including phenoxy) is 1. The van der Waals surface area contributed by atoms with Gasteiger partial charge in [0.25, 0.3) is 6.43 Å². The van der Waals surface area contributed by atoms with Gasteiger partial charge in [-0.1, -0.05) is 0 Å². The molecule has 0 aliphatic carbocycles. The quantitative estimate of drug-likeness (QED) is 0.672. The van der Waals surface area contributed by atoms with E-state index in [0.29, 0.717) is 16.8 Å². The Balaban J connectivity index is 2.23. The highest BCUT2D eigenvalue weighted by atomic mass is 35.5. The number of halogens is 3. The number of benzene rings is 1. The molecule has 25 heavy (non-hydrogen) atoms. The monoisotopic (exact) mass is 387 g/mol. The van der Waals surface area contributed by atoms with Gasteiger partial charge in [0.15, 0.2) is 15.5 Å². The summed E-state index contributed by atoms with van der Waals surface area (Å²) in [5, 5.41) is 3.97. The molecule has 0 atom stereocenters. The highest BCUT2D eigenvalue weighted by molar-refractivity contribution is 7.90. The first-order valence-electron chi connectivity index (χ1n) is 7.02. The normalized spacial score (nSPS) is 12.0. The van der Waals surface area contributed by atoms with Crippen molar-refractivity contribution in [2.24, 2.45) is 0 Å². The minimum Gasteiger partial charge on any atom is -0.487 e. The summed E-state index contributed by atoms with van der Waals surface area (Å²) in [5.74, 6) is 0.111. The lowest BCUT2D eigenvalue weighted by Crippen LogP contribution is -2.08. The molecule has 0 amide bonds. The molecule has 0 aliphatic heterocycles. The lowest BCUT2D eigenvalue weighted by atomic mass is 10.1. The Morgan fingerprint density at radius 3 is 2.72 bits per heavy atom. The largest absolute Gasteiger partial charge is 0.487 e. The summed E-state index contributed by atoms with van der Waals surface area (Å²) in [4.78, 5) is 4.11. The Hall–Kier alpha value is -2.26. The minimum absolute atomic E-state index is 0.00164. The van der Waals surface area contributed by atoms with Crippen molar-refractivity contribution < 1.29 is 21.9 Å². The number of nitrogens with zero attached hydrogens (tertiary/aromatic N) is 3. The summed E-state index contributed by atoms with van der Waals surface area (Å²) >= 11 is 5.82. The van der Waals surface area contributed by atoms with Crippen molar-refractivity contribution in [2.45, 2.75) is 11.3 Å². The Bertz CT molecular complexity index is 1040. The average molecular weight is 388 g/mol. The maximum absolute atomic E-state index is 12.5. The fraction of sp³-hybridized carbons (Fsp3) is 0.200. The molecular weight excluding hydrogens is 376 g/mol. The van der Waals surface area contributed by atoms with E-state index in [4.69, 9.17) is 16.3 Å². The number of pyridine rings is 1. The topological polar surface area (TPSA) is 73.6 Å². The van der Waals surface area contributed by atoms with Gasteiger partial charge in [-0.05, 0) is 41.9 Å². The summed E-state index contributed by atoms with van der Waals surface area (Å²) in [6.07, 6.45) is -0.00114. The molecule has 2 heterocycles. The van der Waals surface area contributed by atoms with Gasteiger partial charge in [-0.25, -0.2) is 21.7 Å². The van der Waals surface area contributed by atoms with E-state index in [2.05, 4.69) is 10.1 Å². The number of alkyl halides is 2. The molecule has 0 N–H and O–H groups in total. The molecule has 0 bridgehead atoms. The number of aromatic nitrogens is 3. The molecule has 0 fully saturated rings. The van der Waals surface area contributed by atoms with Crippen LogP contribution >= 0.6 is 11.6 Å². The standard InChI is InChI=1S/C15H12ClF2N3O3S/c1-25(22,23)9-4-5-12(24-8-13(17)18)11(7-9)10-3-2-6-21-14(10)19-15(16)20-21/h2-7,13H,8H2,1H3. The van der Waals surface area contributed by atoms with Gasteiger partial charge in [0.1, 0.15) is 12.4 Å². The van der Waals surface area contributed by atoms with Crippen LogP contribution in [-0.2, 0) is 9.84 Å². The molecule has 2 aromatic heterocycles. The van der Waals surface area contributed by atoms with E-state index in [-0.39, 0.29) is 15.9 Å². The van der Waals surface area contributed by atoms with Gasteiger partial charge >= 0.3 is 0 Å². The molecule has 132 valence electrons. The summed E-state index contributed by atoms with van der Waals surface area (Å²) < 4.78 is 55.3. The van der Waals surface area contributed by atoms with Crippen LogP contribution in [0.2, 0.25) is 5.28 Å². The van der Waals surface area contributed by atoms with Crippen molar-refractivity contribution in [3.63, 3.8) is 0 Å². The van der Waals surface area contributed by atoms with Crippen molar-refractivity contribution in [1.29, 1.82) is 0 Å². The Morgan fingerprint density at radius 1 is 1.28 bits per heavy atom. The molecule has 0 saturated heterocycles. The smallest absolute Gasteiger partial charge is 0.272 e. The van der Waals surface area contributed by atoms with Gasteiger partial charge in [-0.2, -0.15) is 4.98 Å². The molecule has 6 nitrogen and oxygen atoms in total. The summed E-state index contributed by atoms with van der Waals surface area (Å²) in [6.45, 7) is -0.818. The molecule has 3 rings (SSSR count). The van der Waals surface area contributed by atoms with Crippen LogP contribution in [0.15, 0.2) is 41.4 Å². The zero-order valence-corrected chi connectivity index (χ0v) is 14.4. The van der Waals surface area contributed by atoms with Crippen LogP contribution in [0.25, 0.3) is 16.8 Å². The van der Waals surface area contributed by atoms with Crippen LogP contribution in [0.3, 0.4) is 0 Å². The number of sulfone groups is 1. The van der Waals surface area contributed by atoms with Crippen LogP contribution in [0, 0.1) is 0 Å². The molecule has 0 aliphatic rings. The molecule has 0 saturated carbocycles. The van der Waals surface area contributed by atoms with Crippen LogP contribution in [0.4, 0.5) is 8.78 Å². The van der Waals surface area contributed by atoms with E-state index in [1.807, 2.05) is 0 Å². The second-order valence-corrected chi connectivity index (χ2v) is 7.56. The molecule has 3 aromatic rings. The number of hydrogen-bond acceptors (Lipinski definition) is 5. The molecule has 0 spiro atoms. The first-order valence-corrected chi connectivity index (χ1v) is 9.29. The van der Waals surface area contributed by atoms with Gasteiger partial charge in [0.2, 0.25) is 5.28 Å². The highest BCUT2D eigenvalue weighted by Gasteiger charge is 2.18. The maximum Gasteiger partial charge on any atom is 0.272 e. The Kier molecular flexibility index (Phi) is 4.61. The van der Waals surface area contributed by atoms with E-state index < -0.39 is 22.9 Å². The second-order valence-electron chi connectivity index (χ2n) is 5.20. The van der Waals surface area contributed by atoms with Crippen molar-refractivity contribution in [2.75, 3.05) is 12.9 Å². The average Bonchev–Trinajstić information content (AvgIpc) is 2.92. The fourth-order valence-electron chi connectivity index (χ4n) is 2.32. The molecule has 0 radical (unpaired) electrons. The van der Waals surface area contributed by atoms with E-state index in [0.717, 1.165) is 6.26 Å². The minimum atomic E-state index is -3.50. The molecular formula is C15H12ClF2N3O3S. The number of hydrogen-bond donors (Lipinski definition) is 0. The lowest BCUT2D eigenvalue weighted by molar-refractivity contribution is 0.0821. The van der Waals surface area contributed by atoms with Crippen molar-refractivity contribution in [3.8, 4) is 16.9 Å². The highest BCUT2D eigenvalue weighted by Crippen LogP contribution is 2.35. The molecule has 0 unspecified atom stereocenters. The van der Waals surface area contributed by atoms with Crippen molar-refractivity contribution in [1.82, 2.24) is 14.6 Å². The van der Waals surface area contributed by atoms with E-state index in [1.54, 1.807) is 18.3 Å². The van der Waals surface area contributed by atoms with Crippen LogP contribution in [0.1, 0.15) is 0 Å². The molecule has 10 heteroatoms. The fourth-order valence-corrected chi connectivity index (χ4v) is 3.13. The van der Waals surface area contributed by atoms with E-state index in [9.17, 15) is 17.2 Å². The number of fused-ring (bicyclic) bond motifs is 1. The van der Waals surface area contributed by atoms with Crippen molar-refractivity contribution >= 4 is 27.1 Å². The van der Waals surface area contributed by atoms with Gasteiger partial charge in [0, 0.05) is 23.6 Å². The maximum atomic E-state index is 12.5. The van der Waals surface area contributed by atoms with E-state index >= 15 is 0 Å². The van der Waals surface area contributed by atoms with Gasteiger partial charge in [0.05, 0.1) is 4.90 Å². The van der Waals surface area contributed by atoms with Crippen LogP contribution in [-0.4, -0.2) is 42.3 Å². The molecule has 1 aromatic carbocycles. The first-order chi connectivity index (χ1) is 11.8.